The summed E-state index contributed by atoms with van der Waals surface area (Å²) in [6, 6.07) is 8.66. The standard InChI is InChI=1S/C23H36N4O2/c1-4-20-10-5-6-11-21(20)24-22(28)16-25-12-14-26(15-13-25)17-23(29)27-18(2)8-7-9-19(27)3/h5-6,10-11,18-19H,4,7-9,12-17H2,1-3H3,(H,24,28)/t18-,19-/m0/s1. The molecule has 2 saturated heterocycles. The SMILES string of the molecule is CCc1ccccc1NC(=O)CN1CCN(CC(=O)N2[C@@H](C)CCC[C@@H]2C)CC1. The zero-order valence-corrected chi connectivity index (χ0v) is 18.2. The maximum absolute atomic E-state index is 12.8. The molecule has 29 heavy (non-hydrogen) atoms. The van der Waals surface area contributed by atoms with Crippen LogP contribution in [-0.4, -0.2) is 77.9 Å². The van der Waals surface area contributed by atoms with Gasteiger partial charge in [-0.25, -0.2) is 0 Å². The van der Waals surface area contributed by atoms with Gasteiger partial charge in [0.1, 0.15) is 0 Å². The van der Waals surface area contributed by atoms with E-state index < -0.39 is 0 Å². The summed E-state index contributed by atoms with van der Waals surface area (Å²) in [7, 11) is 0. The first-order valence-corrected chi connectivity index (χ1v) is 11.1. The van der Waals surface area contributed by atoms with Crippen LogP contribution >= 0.6 is 0 Å². The molecule has 0 radical (unpaired) electrons. The van der Waals surface area contributed by atoms with E-state index in [0.717, 1.165) is 56.7 Å². The molecule has 0 aliphatic carbocycles. The molecule has 1 aromatic rings. The number of anilines is 1. The minimum atomic E-state index is 0.0337. The molecule has 1 aromatic carbocycles. The molecule has 0 aromatic heterocycles. The van der Waals surface area contributed by atoms with Crippen LogP contribution in [0, 0.1) is 0 Å². The van der Waals surface area contributed by atoms with Crippen LogP contribution in [0.3, 0.4) is 0 Å². The molecule has 0 spiro atoms. The summed E-state index contributed by atoms with van der Waals surface area (Å²) < 4.78 is 0. The first kappa shape index (κ1) is 21.8. The second-order valence-corrected chi connectivity index (χ2v) is 8.54. The molecule has 3 rings (SSSR count). The van der Waals surface area contributed by atoms with Crippen LogP contribution in [0.2, 0.25) is 0 Å². The highest BCUT2D eigenvalue weighted by molar-refractivity contribution is 5.93. The number of hydrogen-bond donors (Lipinski definition) is 1. The molecule has 1 N–H and O–H groups in total. The van der Waals surface area contributed by atoms with Crippen LogP contribution in [0.1, 0.15) is 45.6 Å². The number of piperidine rings is 1. The van der Waals surface area contributed by atoms with E-state index in [9.17, 15) is 9.59 Å². The average molecular weight is 401 g/mol. The number of piperazine rings is 1. The van der Waals surface area contributed by atoms with Crippen molar-refractivity contribution in [2.45, 2.75) is 58.5 Å². The normalized spacial score (nSPS) is 23.8. The smallest absolute Gasteiger partial charge is 0.238 e. The predicted molar refractivity (Wildman–Crippen MR) is 117 cm³/mol. The van der Waals surface area contributed by atoms with Crippen LogP contribution in [0.4, 0.5) is 5.69 Å². The number of carbonyl (C=O) groups excluding carboxylic acids is 2. The van der Waals surface area contributed by atoms with Crippen molar-refractivity contribution < 1.29 is 9.59 Å². The second-order valence-electron chi connectivity index (χ2n) is 8.54. The molecule has 0 bridgehead atoms. The van der Waals surface area contributed by atoms with Crippen LogP contribution < -0.4 is 5.32 Å². The van der Waals surface area contributed by atoms with Crippen molar-refractivity contribution >= 4 is 17.5 Å². The number of aryl methyl sites for hydroxylation is 1. The van der Waals surface area contributed by atoms with Crippen molar-refractivity contribution in [2.75, 3.05) is 44.6 Å². The molecule has 2 aliphatic heterocycles. The summed E-state index contributed by atoms with van der Waals surface area (Å²) in [5.74, 6) is 0.290. The number of amides is 2. The zero-order chi connectivity index (χ0) is 20.8. The molecule has 6 heteroatoms. The molecule has 6 nitrogen and oxygen atoms in total. The van der Waals surface area contributed by atoms with Gasteiger partial charge >= 0.3 is 0 Å². The van der Waals surface area contributed by atoms with Gasteiger partial charge in [-0.1, -0.05) is 25.1 Å². The van der Waals surface area contributed by atoms with Gasteiger partial charge in [0.25, 0.3) is 0 Å². The van der Waals surface area contributed by atoms with E-state index in [-0.39, 0.29) is 11.8 Å². The number of hydrogen-bond acceptors (Lipinski definition) is 4. The number of carbonyl (C=O) groups is 2. The highest BCUT2D eigenvalue weighted by Gasteiger charge is 2.30. The van der Waals surface area contributed by atoms with Gasteiger partial charge in [0.05, 0.1) is 13.1 Å². The van der Waals surface area contributed by atoms with Gasteiger partial charge in [0.15, 0.2) is 0 Å². The summed E-state index contributed by atoms with van der Waals surface area (Å²) in [5, 5.41) is 3.05. The van der Waals surface area contributed by atoms with E-state index in [4.69, 9.17) is 0 Å². The highest BCUT2D eigenvalue weighted by atomic mass is 16.2. The molecule has 160 valence electrons. The van der Waals surface area contributed by atoms with Gasteiger partial charge in [-0.05, 0) is 51.2 Å². The van der Waals surface area contributed by atoms with Gasteiger partial charge in [0, 0.05) is 44.0 Å². The third-order valence-corrected chi connectivity index (χ3v) is 6.34. The summed E-state index contributed by atoms with van der Waals surface area (Å²) in [6.45, 7) is 10.6. The van der Waals surface area contributed by atoms with Gasteiger partial charge in [0.2, 0.25) is 11.8 Å². The van der Waals surface area contributed by atoms with E-state index in [0.29, 0.717) is 25.2 Å². The van der Waals surface area contributed by atoms with Gasteiger partial charge < -0.3 is 10.2 Å². The lowest BCUT2D eigenvalue weighted by molar-refractivity contribution is -0.139. The Morgan fingerprint density at radius 2 is 1.55 bits per heavy atom. The zero-order valence-electron chi connectivity index (χ0n) is 18.2. The monoisotopic (exact) mass is 400 g/mol. The fourth-order valence-corrected chi connectivity index (χ4v) is 4.63. The summed E-state index contributed by atoms with van der Waals surface area (Å²) in [5.41, 5.74) is 2.07. The van der Waals surface area contributed by atoms with Crippen molar-refractivity contribution in [1.29, 1.82) is 0 Å². The quantitative estimate of drug-likeness (QED) is 0.798. The lowest BCUT2D eigenvalue weighted by Gasteiger charge is -2.41. The number of nitrogens with zero attached hydrogens (tertiary/aromatic N) is 3. The largest absolute Gasteiger partial charge is 0.336 e. The Kier molecular flexibility index (Phi) is 7.67. The second kappa shape index (κ2) is 10.2. The Morgan fingerprint density at radius 3 is 2.17 bits per heavy atom. The minimum absolute atomic E-state index is 0.0337. The summed E-state index contributed by atoms with van der Waals surface area (Å²) in [6.07, 6.45) is 4.34. The summed E-state index contributed by atoms with van der Waals surface area (Å²) >= 11 is 0. The Labute approximate surface area is 175 Å². The third kappa shape index (κ3) is 5.80. The number of para-hydroxylation sites is 1. The predicted octanol–water partition coefficient (Wildman–Crippen LogP) is 2.59. The van der Waals surface area contributed by atoms with E-state index in [1.54, 1.807) is 0 Å². The summed E-state index contributed by atoms with van der Waals surface area (Å²) in [4.78, 5) is 31.8. The van der Waals surface area contributed by atoms with Crippen molar-refractivity contribution in [3.05, 3.63) is 29.8 Å². The maximum atomic E-state index is 12.8. The molecule has 0 saturated carbocycles. The Hall–Kier alpha value is -1.92. The number of benzene rings is 1. The van der Waals surface area contributed by atoms with E-state index >= 15 is 0 Å². The van der Waals surface area contributed by atoms with Crippen molar-refractivity contribution in [3.8, 4) is 0 Å². The fourth-order valence-electron chi connectivity index (χ4n) is 4.63. The van der Waals surface area contributed by atoms with Crippen LogP contribution in [0.15, 0.2) is 24.3 Å². The third-order valence-electron chi connectivity index (χ3n) is 6.34. The van der Waals surface area contributed by atoms with Crippen molar-refractivity contribution in [3.63, 3.8) is 0 Å². The topological polar surface area (TPSA) is 55.9 Å². The highest BCUT2D eigenvalue weighted by Crippen LogP contribution is 2.23. The molecule has 2 atom stereocenters. The van der Waals surface area contributed by atoms with E-state index in [1.807, 2.05) is 18.2 Å². The van der Waals surface area contributed by atoms with Crippen molar-refractivity contribution in [1.82, 2.24) is 14.7 Å². The molecule has 2 fully saturated rings. The van der Waals surface area contributed by atoms with E-state index in [1.165, 1.54) is 6.42 Å². The first-order valence-electron chi connectivity index (χ1n) is 11.1. The number of nitrogens with one attached hydrogen (secondary N) is 1. The number of likely N-dealkylation sites (tertiary alicyclic amines) is 1. The minimum Gasteiger partial charge on any atom is -0.336 e. The van der Waals surface area contributed by atoms with Crippen LogP contribution in [0.25, 0.3) is 0 Å². The fraction of sp³-hybridized carbons (Fsp3) is 0.652. The first-order chi connectivity index (χ1) is 14.0. The Balaban J connectivity index is 1.43. The molecular weight excluding hydrogens is 364 g/mol. The lowest BCUT2D eigenvalue weighted by Crippen LogP contribution is -2.54. The molecule has 2 amide bonds. The molecule has 2 heterocycles. The van der Waals surface area contributed by atoms with E-state index in [2.05, 4.69) is 46.9 Å². The van der Waals surface area contributed by atoms with Gasteiger partial charge in [-0.2, -0.15) is 0 Å². The maximum Gasteiger partial charge on any atom is 0.238 e. The van der Waals surface area contributed by atoms with Crippen molar-refractivity contribution in [2.24, 2.45) is 0 Å². The molecule has 2 aliphatic rings. The Morgan fingerprint density at radius 1 is 0.966 bits per heavy atom. The lowest BCUT2D eigenvalue weighted by atomic mass is 9.97. The molecular formula is C23H36N4O2. The average Bonchev–Trinajstić information content (AvgIpc) is 2.69. The van der Waals surface area contributed by atoms with Gasteiger partial charge in [-0.15, -0.1) is 0 Å². The number of rotatable bonds is 6. The van der Waals surface area contributed by atoms with Gasteiger partial charge in [-0.3, -0.25) is 19.4 Å². The Bertz CT molecular complexity index is 690. The molecule has 0 unspecified atom stereocenters. The van der Waals surface area contributed by atoms with Crippen LogP contribution in [0.5, 0.6) is 0 Å². The van der Waals surface area contributed by atoms with Crippen LogP contribution in [-0.2, 0) is 16.0 Å².